The molecule has 0 saturated carbocycles. The van der Waals surface area contributed by atoms with Gasteiger partial charge in [0.25, 0.3) is 0 Å². The fourth-order valence-corrected chi connectivity index (χ4v) is 3.43. The molecule has 0 bridgehead atoms. The number of aromatic carboxylic acids is 1. The van der Waals surface area contributed by atoms with Gasteiger partial charge in [0.15, 0.2) is 0 Å². The minimum absolute atomic E-state index is 0. The summed E-state index contributed by atoms with van der Waals surface area (Å²) < 4.78 is 5.49. The van der Waals surface area contributed by atoms with E-state index in [1.165, 1.54) is 18.3 Å². The molecule has 5 heteroatoms. The number of allylic oxidation sites excluding steroid dienone is 4. The van der Waals surface area contributed by atoms with Crippen LogP contribution in [0, 0.1) is 0 Å². The van der Waals surface area contributed by atoms with E-state index >= 15 is 0 Å². The van der Waals surface area contributed by atoms with Crippen molar-refractivity contribution in [3.8, 4) is 11.5 Å². The van der Waals surface area contributed by atoms with Crippen molar-refractivity contribution in [1.82, 2.24) is 0 Å². The first kappa shape index (κ1) is 27.0. The number of aryl methyl sites for hydroxylation is 2. The van der Waals surface area contributed by atoms with E-state index in [0.717, 1.165) is 18.4 Å². The van der Waals surface area contributed by atoms with Gasteiger partial charge in [-0.3, -0.25) is 0 Å². The largest absolute Gasteiger partial charge is 1.00 e. The molecule has 160 valence electrons. The summed E-state index contributed by atoms with van der Waals surface area (Å²) in [5.41, 5.74) is 4.41. The van der Waals surface area contributed by atoms with Gasteiger partial charge in [0, 0.05) is 11.1 Å². The molecule has 0 atom stereocenters. The minimum atomic E-state index is -1.37. The molecule has 0 saturated heterocycles. The standard InChI is InChI=1S/C26H32O4.Na/c1-18(2)9-8-10-19(3)13-16-22-23(30-4)17-21(24(25(22)27)26(28)29)15-14-20-11-6-5-7-12-20;/h5-7,9,11-13,17,27H,8,10,14-16H2,1-4H3,(H,28,29);/q;+1/p-1/b19-13+;. The SMILES string of the molecule is COc1cc(CCc2ccccc2)c(C(=O)[O-])c(O)c1C/C=C(\C)CCC=C(C)C.[Na+]. The van der Waals surface area contributed by atoms with E-state index in [-0.39, 0.29) is 40.9 Å². The smallest absolute Gasteiger partial charge is 0.545 e. The van der Waals surface area contributed by atoms with Gasteiger partial charge >= 0.3 is 29.6 Å². The van der Waals surface area contributed by atoms with Crippen molar-refractivity contribution in [3.05, 3.63) is 82.0 Å². The van der Waals surface area contributed by atoms with Gasteiger partial charge < -0.3 is 19.7 Å². The summed E-state index contributed by atoms with van der Waals surface area (Å²) in [6.07, 6.45) is 7.59. The average molecular weight is 431 g/mol. The van der Waals surface area contributed by atoms with Crippen LogP contribution in [0.4, 0.5) is 0 Å². The number of hydrogen-bond acceptors (Lipinski definition) is 4. The molecule has 0 unspecified atom stereocenters. The topological polar surface area (TPSA) is 69.6 Å². The summed E-state index contributed by atoms with van der Waals surface area (Å²) in [6, 6.07) is 11.5. The maximum atomic E-state index is 11.8. The molecular weight excluding hydrogens is 399 g/mol. The number of benzene rings is 2. The monoisotopic (exact) mass is 430 g/mol. The van der Waals surface area contributed by atoms with E-state index < -0.39 is 5.97 Å². The third kappa shape index (κ3) is 8.21. The molecule has 0 aliphatic carbocycles. The Hall–Kier alpha value is -2.01. The van der Waals surface area contributed by atoms with Crippen molar-refractivity contribution >= 4 is 5.97 Å². The van der Waals surface area contributed by atoms with Gasteiger partial charge in [0.05, 0.1) is 13.1 Å². The number of hydrogen-bond donors (Lipinski definition) is 1. The van der Waals surface area contributed by atoms with Crippen molar-refractivity contribution in [3.63, 3.8) is 0 Å². The molecule has 2 rings (SSSR count). The molecule has 1 N–H and O–H groups in total. The molecule has 0 spiro atoms. The Balaban J connectivity index is 0.00000480. The third-order valence-electron chi connectivity index (χ3n) is 5.14. The summed E-state index contributed by atoms with van der Waals surface area (Å²) >= 11 is 0. The molecule has 0 aliphatic heterocycles. The van der Waals surface area contributed by atoms with Gasteiger partial charge in [-0.05, 0) is 70.1 Å². The first-order valence-corrected chi connectivity index (χ1v) is 10.3. The first-order chi connectivity index (χ1) is 14.3. The van der Waals surface area contributed by atoms with Crippen LogP contribution in [-0.4, -0.2) is 18.2 Å². The Morgan fingerprint density at radius 1 is 1.10 bits per heavy atom. The van der Waals surface area contributed by atoms with Crippen LogP contribution in [0.25, 0.3) is 0 Å². The Bertz CT molecular complexity index is 926. The molecule has 0 fully saturated rings. The normalized spacial score (nSPS) is 10.9. The van der Waals surface area contributed by atoms with Crippen LogP contribution in [0.1, 0.15) is 60.7 Å². The van der Waals surface area contributed by atoms with E-state index in [2.05, 4.69) is 19.9 Å². The predicted octanol–water partition coefficient (Wildman–Crippen LogP) is 1.79. The second kappa shape index (κ2) is 13.4. The summed E-state index contributed by atoms with van der Waals surface area (Å²) in [4.78, 5) is 11.8. The van der Waals surface area contributed by atoms with Gasteiger partial charge in [-0.25, -0.2) is 0 Å². The Kier molecular flexibility index (Phi) is 11.7. The van der Waals surface area contributed by atoms with Gasteiger partial charge in [-0.1, -0.05) is 53.6 Å². The van der Waals surface area contributed by atoms with E-state index in [4.69, 9.17) is 4.74 Å². The van der Waals surface area contributed by atoms with Gasteiger partial charge in [0.1, 0.15) is 11.5 Å². The number of ether oxygens (including phenoxy) is 1. The third-order valence-corrected chi connectivity index (χ3v) is 5.14. The number of phenols is 1. The summed E-state index contributed by atoms with van der Waals surface area (Å²) in [5, 5.41) is 22.6. The first-order valence-electron chi connectivity index (χ1n) is 10.3. The number of carboxylic acid groups (broad SMARTS) is 1. The number of carboxylic acids is 1. The molecular formula is C26H31NaO4. The number of aromatic hydroxyl groups is 1. The van der Waals surface area contributed by atoms with Crippen molar-refractivity contribution in [1.29, 1.82) is 0 Å². The van der Waals surface area contributed by atoms with Crippen LogP contribution in [-0.2, 0) is 19.3 Å². The molecule has 0 aliphatic rings. The second-order valence-corrected chi connectivity index (χ2v) is 7.79. The van der Waals surface area contributed by atoms with E-state index in [1.807, 2.05) is 43.3 Å². The maximum absolute atomic E-state index is 11.8. The quantitative estimate of drug-likeness (QED) is 0.461. The van der Waals surface area contributed by atoms with Crippen LogP contribution in [0.2, 0.25) is 0 Å². The molecule has 2 aromatic carbocycles. The fourth-order valence-electron chi connectivity index (χ4n) is 3.43. The van der Waals surface area contributed by atoms with Gasteiger partial charge in [-0.15, -0.1) is 0 Å². The van der Waals surface area contributed by atoms with Crippen molar-refractivity contribution in [2.45, 2.75) is 52.9 Å². The van der Waals surface area contributed by atoms with Crippen LogP contribution in [0.15, 0.2) is 59.7 Å². The predicted molar refractivity (Wildman–Crippen MR) is 119 cm³/mol. The van der Waals surface area contributed by atoms with Crippen LogP contribution < -0.4 is 39.4 Å². The molecule has 0 aromatic heterocycles. The maximum Gasteiger partial charge on any atom is 1.00 e. The number of carbonyl (C=O) groups excluding carboxylic acids is 1. The number of rotatable bonds is 10. The van der Waals surface area contributed by atoms with E-state index in [0.29, 0.717) is 36.1 Å². The molecule has 0 heterocycles. The molecule has 2 aromatic rings. The Morgan fingerprint density at radius 3 is 2.35 bits per heavy atom. The van der Waals surface area contributed by atoms with Crippen LogP contribution >= 0.6 is 0 Å². The number of carbonyl (C=O) groups is 1. The second-order valence-electron chi connectivity index (χ2n) is 7.79. The molecule has 4 nitrogen and oxygen atoms in total. The van der Waals surface area contributed by atoms with Crippen molar-refractivity contribution in [2.24, 2.45) is 0 Å². The van der Waals surface area contributed by atoms with Gasteiger partial charge in [0.2, 0.25) is 0 Å². The molecule has 0 amide bonds. The Labute approximate surface area is 207 Å². The van der Waals surface area contributed by atoms with Crippen LogP contribution in [0.3, 0.4) is 0 Å². The van der Waals surface area contributed by atoms with E-state index in [1.54, 1.807) is 6.07 Å². The molecule has 31 heavy (non-hydrogen) atoms. The summed E-state index contributed by atoms with van der Waals surface area (Å²) in [7, 11) is 1.53. The zero-order chi connectivity index (χ0) is 22.1. The summed E-state index contributed by atoms with van der Waals surface area (Å²) in [6.45, 7) is 6.18. The van der Waals surface area contributed by atoms with Crippen molar-refractivity contribution in [2.75, 3.05) is 7.11 Å². The van der Waals surface area contributed by atoms with Crippen LogP contribution in [0.5, 0.6) is 11.5 Å². The number of methoxy groups -OCH3 is 1. The zero-order valence-corrected chi connectivity index (χ0v) is 21.3. The zero-order valence-electron chi connectivity index (χ0n) is 19.3. The molecule has 0 radical (unpaired) electrons. The van der Waals surface area contributed by atoms with Gasteiger partial charge in [-0.2, -0.15) is 0 Å². The Morgan fingerprint density at radius 2 is 1.77 bits per heavy atom. The fraction of sp³-hybridized carbons (Fsp3) is 0.346. The average Bonchev–Trinajstić information content (AvgIpc) is 2.71. The van der Waals surface area contributed by atoms with E-state index in [9.17, 15) is 15.0 Å². The minimum Gasteiger partial charge on any atom is -0.545 e. The summed E-state index contributed by atoms with van der Waals surface area (Å²) in [5.74, 6) is -1.14. The van der Waals surface area contributed by atoms with Crippen molar-refractivity contribution < 1.29 is 49.3 Å².